The SMILES string of the molecule is N/N=C(/Cc1ccnc2c1ccc1cccnc12)c1ccccn1. The molecule has 0 saturated carbocycles. The van der Waals surface area contributed by atoms with Gasteiger partial charge >= 0.3 is 0 Å². The van der Waals surface area contributed by atoms with Gasteiger partial charge in [-0.3, -0.25) is 15.0 Å². The van der Waals surface area contributed by atoms with Crippen molar-refractivity contribution >= 4 is 27.5 Å². The summed E-state index contributed by atoms with van der Waals surface area (Å²) in [6, 6.07) is 15.8. The molecule has 0 aliphatic rings. The van der Waals surface area contributed by atoms with Crippen LogP contribution < -0.4 is 5.84 Å². The molecule has 0 fully saturated rings. The normalized spacial score (nSPS) is 11.9. The first-order valence-corrected chi connectivity index (χ1v) is 7.66. The summed E-state index contributed by atoms with van der Waals surface area (Å²) in [5.74, 6) is 5.61. The van der Waals surface area contributed by atoms with Crippen LogP contribution in [0.5, 0.6) is 0 Å². The molecule has 24 heavy (non-hydrogen) atoms. The molecule has 0 aliphatic heterocycles. The van der Waals surface area contributed by atoms with Crippen molar-refractivity contribution in [2.45, 2.75) is 6.42 Å². The Labute approximate surface area is 138 Å². The largest absolute Gasteiger partial charge is 0.323 e. The van der Waals surface area contributed by atoms with Crippen LogP contribution in [0.15, 0.2) is 72.2 Å². The van der Waals surface area contributed by atoms with E-state index in [4.69, 9.17) is 5.84 Å². The van der Waals surface area contributed by atoms with E-state index in [-0.39, 0.29) is 0 Å². The van der Waals surface area contributed by atoms with Gasteiger partial charge in [0.25, 0.3) is 0 Å². The van der Waals surface area contributed by atoms with Crippen molar-refractivity contribution < 1.29 is 0 Å². The Bertz CT molecular complexity index is 1040. The van der Waals surface area contributed by atoms with Crippen molar-refractivity contribution in [2.75, 3.05) is 0 Å². The molecule has 0 aliphatic carbocycles. The predicted octanol–water partition coefficient (Wildman–Crippen LogP) is 3.08. The molecule has 4 aromatic rings. The van der Waals surface area contributed by atoms with E-state index in [1.807, 2.05) is 36.4 Å². The van der Waals surface area contributed by atoms with Crippen LogP contribution in [-0.2, 0) is 6.42 Å². The first kappa shape index (κ1) is 14.3. The third-order valence-corrected chi connectivity index (χ3v) is 4.05. The Balaban J connectivity index is 1.84. The fourth-order valence-electron chi connectivity index (χ4n) is 2.88. The number of aromatic nitrogens is 3. The maximum Gasteiger partial charge on any atom is 0.0967 e. The molecule has 5 heteroatoms. The molecule has 0 bridgehead atoms. The van der Waals surface area contributed by atoms with Gasteiger partial charge < -0.3 is 5.84 Å². The zero-order valence-corrected chi connectivity index (χ0v) is 12.9. The second-order valence-corrected chi connectivity index (χ2v) is 5.47. The highest BCUT2D eigenvalue weighted by atomic mass is 15.1. The van der Waals surface area contributed by atoms with E-state index in [2.05, 4.69) is 32.2 Å². The number of hydrogen-bond acceptors (Lipinski definition) is 5. The van der Waals surface area contributed by atoms with Crippen molar-refractivity contribution in [1.82, 2.24) is 15.0 Å². The van der Waals surface area contributed by atoms with Crippen molar-refractivity contribution in [3.63, 3.8) is 0 Å². The van der Waals surface area contributed by atoms with Crippen LogP contribution in [0.2, 0.25) is 0 Å². The number of hydrazone groups is 1. The molecule has 2 N–H and O–H groups in total. The summed E-state index contributed by atoms with van der Waals surface area (Å²) in [6.45, 7) is 0. The fraction of sp³-hybridized carbons (Fsp3) is 0.0526. The highest BCUT2D eigenvalue weighted by Gasteiger charge is 2.11. The summed E-state index contributed by atoms with van der Waals surface area (Å²) in [5.41, 5.74) is 4.42. The van der Waals surface area contributed by atoms with Crippen LogP contribution in [0.4, 0.5) is 0 Å². The summed E-state index contributed by atoms with van der Waals surface area (Å²) in [6.07, 6.45) is 5.92. The second kappa shape index (κ2) is 6.04. The minimum atomic E-state index is 0.588. The zero-order chi connectivity index (χ0) is 16.4. The standard InChI is InChI=1S/C19H15N5/c20-24-17(16-5-1-2-9-21-16)12-14-8-11-23-19-15(14)7-6-13-4-3-10-22-18(13)19/h1-11H,12,20H2/b24-17-. The zero-order valence-electron chi connectivity index (χ0n) is 12.9. The molecule has 0 saturated heterocycles. The molecular weight excluding hydrogens is 298 g/mol. The van der Waals surface area contributed by atoms with E-state index >= 15 is 0 Å². The van der Waals surface area contributed by atoms with Crippen LogP contribution in [0.25, 0.3) is 21.8 Å². The summed E-state index contributed by atoms with van der Waals surface area (Å²) >= 11 is 0. The number of pyridine rings is 3. The summed E-state index contributed by atoms with van der Waals surface area (Å²) in [4.78, 5) is 13.3. The average Bonchev–Trinajstić information content (AvgIpc) is 2.66. The third-order valence-electron chi connectivity index (χ3n) is 4.05. The number of rotatable bonds is 3. The molecule has 0 spiro atoms. The van der Waals surface area contributed by atoms with Gasteiger partial charge in [0.05, 0.1) is 22.4 Å². The van der Waals surface area contributed by atoms with Crippen molar-refractivity contribution in [1.29, 1.82) is 0 Å². The lowest BCUT2D eigenvalue weighted by Gasteiger charge is -2.09. The molecule has 5 nitrogen and oxygen atoms in total. The molecule has 3 aromatic heterocycles. The van der Waals surface area contributed by atoms with Gasteiger partial charge in [-0.05, 0) is 29.8 Å². The van der Waals surface area contributed by atoms with Crippen LogP contribution >= 0.6 is 0 Å². The molecule has 4 rings (SSSR count). The van der Waals surface area contributed by atoms with Crippen LogP contribution in [0, 0.1) is 0 Å². The van der Waals surface area contributed by atoms with Gasteiger partial charge in [-0.1, -0.05) is 24.3 Å². The van der Waals surface area contributed by atoms with Gasteiger partial charge in [0, 0.05) is 35.8 Å². The molecule has 0 atom stereocenters. The summed E-state index contributed by atoms with van der Waals surface area (Å²) in [5, 5.41) is 6.07. The predicted molar refractivity (Wildman–Crippen MR) is 95.7 cm³/mol. The Hall–Kier alpha value is -3.34. The molecule has 3 heterocycles. The molecule has 0 unspecified atom stereocenters. The van der Waals surface area contributed by atoms with E-state index in [0.717, 1.165) is 38.8 Å². The first-order chi connectivity index (χ1) is 11.9. The van der Waals surface area contributed by atoms with Gasteiger partial charge in [-0.15, -0.1) is 0 Å². The molecule has 0 radical (unpaired) electrons. The Morgan fingerprint density at radius 3 is 2.54 bits per heavy atom. The van der Waals surface area contributed by atoms with E-state index in [9.17, 15) is 0 Å². The van der Waals surface area contributed by atoms with E-state index in [1.54, 1.807) is 18.6 Å². The Kier molecular flexibility index (Phi) is 3.59. The topological polar surface area (TPSA) is 77.0 Å². The van der Waals surface area contributed by atoms with Crippen molar-refractivity contribution in [2.24, 2.45) is 10.9 Å². The van der Waals surface area contributed by atoms with Crippen LogP contribution in [0.1, 0.15) is 11.3 Å². The maximum atomic E-state index is 5.61. The van der Waals surface area contributed by atoms with Gasteiger partial charge in [-0.25, -0.2) is 0 Å². The lowest BCUT2D eigenvalue weighted by Crippen LogP contribution is -2.10. The van der Waals surface area contributed by atoms with Crippen LogP contribution in [-0.4, -0.2) is 20.7 Å². The fourth-order valence-corrected chi connectivity index (χ4v) is 2.88. The Morgan fingerprint density at radius 2 is 1.71 bits per heavy atom. The molecule has 0 amide bonds. The number of nitrogens with zero attached hydrogens (tertiary/aromatic N) is 4. The van der Waals surface area contributed by atoms with Gasteiger partial charge in [0.1, 0.15) is 0 Å². The quantitative estimate of drug-likeness (QED) is 0.273. The number of fused-ring (bicyclic) bond motifs is 3. The van der Waals surface area contributed by atoms with Gasteiger partial charge in [0.2, 0.25) is 0 Å². The number of benzene rings is 1. The summed E-state index contributed by atoms with van der Waals surface area (Å²) in [7, 11) is 0. The van der Waals surface area contributed by atoms with E-state index < -0.39 is 0 Å². The molecule has 1 aromatic carbocycles. The smallest absolute Gasteiger partial charge is 0.0967 e. The highest BCUT2D eigenvalue weighted by Crippen LogP contribution is 2.25. The second-order valence-electron chi connectivity index (χ2n) is 5.47. The Morgan fingerprint density at radius 1 is 0.833 bits per heavy atom. The minimum Gasteiger partial charge on any atom is -0.323 e. The van der Waals surface area contributed by atoms with E-state index in [0.29, 0.717) is 6.42 Å². The third kappa shape index (κ3) is 2.46. The maximum absolute atomic E-state index is 5.61. The van der Waals surface area contributed by atoms with Gasteiger partial charge in [-0.2, -0.15) is 5.10 Å². The minimum absolute atomic E-state index is 0.588. The van der Waals surface area contributed by atoms with Crippen molar-refractivity contribution in [3.05, 3.63) is 78.4 Å². The van der Waals surface area contributed by atoms with Gasteiger partial charge in [0.15, 0.2) is 0 Å². The highest BCUT2D eigenvalue weighted by molar-refractivity contribution is 6.06. The summed E-state index contributed by atoms with van der Waals surface area (Å²) < 4.78 is 0. The van der Waals surface area contributed by atoms with Crippen molar-refractivity contribution in [3.8, 4) is 0 Å². The lowest BCUT2D eigenvalue weighted by atomic mass is 10.0. The monoisotopic (exact) mass is 313 g/mol. The number of hydrogen-bond donors (Lipinski definition) is 1. The first-order valence-electron chi connectivity index (χ1n) is 7.66. The van der Waals surface area contributed by atoms with E-state index in [1.165, 1.54) is 0 Å². The van der Waals surface area contributed by atoms with Crippen LogP contribution in [0.3, 0.4) is 0 Å². The molecule has 116 valence electrons. The number of nitrogens with two attached hydrogens (primary N) is 1. The lowest BCUT2D eigenvalue weighted by molar-refractivity contribution is 1.16. The molecular formula is C19H15N5. The average molecular weight is 313 g/mol.